The maximum Gasteiger partial charge on any atom is 0.293 e. The van der Waals surface area contributed by atoms with Gasteiger partial charge in [0.25, 0.3) is 22.7 Å². The summed E-state index contributed by atoms with van der Waals surface area (Å²) in [7, 11) is 0. The Kier molecular flexibility index (Phi) is 8.62. The molecule has 1 heterocycles. The molecule has 39 heavy (non-hydrogen) atoms. The Hall–Kier alpha value is -4.64. The Balaban J connectivity index is 1.44. The second-order valence-electron chi connectivity index (χ2n) is 8.48. The second-order valence-corrected chi connectivity index (χ2v) is 9.48. The summed E-state index contributed by atoms with van der Waals surface area (Å²) < 4.78 is 11.4. The van der Waals surface area contributed by atoms with Gasteiger partial charge >= 0.3 is 0 Å². The smallest absolute Gasteiger partial charge is 0.293 e. The van der Waals surface area contributed by atoms with Crippen molar-refractivity contribution in [3.8, 4) is 11.5 Å². The normalized spacial score (nSPS) is 14.0. The van der Waals surface area contributed by atoms with E-state index in [0.29, 0.717) is 34.9 Å². The molecule has 0 aromatic heterocycles. The van der Waals surface area contributed by atoms with E-state index < -0.39 is 16.1 Å². The summed E-state index contributed by atoms with van der Waals surface area (Å²) in [5, 5.41) is 13.2. The van der Waals surface area contributed by atoms with Gasteiger partial charge in [0.15, 0.2) is 18.1 Å². The lowest BCUT2D eigenvalue weighted by atomic mass is 10.1. The van der Waals surface area contributed by atoms with Crippen LogP contribution in [0.5, 0.6) is 11.5 Å². The number of carbonyl (C=O) groups excluding carboxylic acids is 3. The van der Waals surface area contributed by atoms with Crippen molar-refractivity contribution in [3.05, 3.63) is 98.4 Å². The largest absolute Gasteiger partial charge is 0.490 e. The summed E-state index contributed by atoms with van der Waals surface area (Å²) in [6, 6.07) is 18.1. The van der Waals surface area contributed by atoms with Gasteiger partial charge in [-0.1, -0.05) is 36.4 Å². The van der Waals surface area contributed by atoms with Gasteiger partial charge in [-0.2, -0.15) is 0 Å². The van der Waals surface area contributed by atoms with Gasteiger partial charge in [0.05, 0.1) is 23.0 Å². The molecule has 0 bridgehead atoms. The van der Waals surface area contributed by atoms with Gasteiger partial charge in [-0.25, -0.2) is 0 Å². The van der Waals surface area contributed by atoms with E-state index in [1.807, 2.05) is 32.0 Å². The maximum absolute atomic E-state index is 12.9. The highest BCUT2D eigenvalue weighted by molar-refractivity contribution is 8.18. The number of imide groups is 1. The lowest BCUT2D eigenvalue weighted by Gasteiger charge is -2.13. The minimum absolute atomic E-state index is 0.00153. The van der Waals surface area contributed by atoms with Crippen LogP contribution < -0.4 is 14.8 Å². The molecule has 0 saturated carbocycles. The number of rotatable bonds is 10. The van der Waals surface area contributed by atoms with E-state index in [2.05, 4.69) is 5.32 Å². The number of nitrogens with zero attached hydrogens (tertiary/aromatic N) is 2. The van der Waals surface area contributed by atoms with Crippen LogP contribution in [0, 0.1) is 17.0 Å². The third kappa shape index (κ3) is 6.82. The van der Waals surface area contributed by atoms with E-state index in [0.717, 1.165) is 22.2 Å². The topological polar surface area (TPSA) is 128 Å². The van der Waals surface area contributed by atoms with E-state index in [1.54, 1.807) is 30.3 Å². The highest BCUT2D eigenvalue weighted by Gasteiger charge is 2.35. The van der Waals surface area contributed by atoms with E-state index >= 15 is 0 Å². The number of nitro benzene ring substituents is 1. The zero-order chi connectivity index (χ0) is 27.9. The predicted octanol–water partition coefficient (Wildman–Crippen LogP) is 5.56. The van der Waals surface area contributed by atoms with Gasteiger partial charge in [0, 0.05) is 17.8 Å². The first-order valence-electron chi connectivity index (χ1n) is 12.0. The molecular formula is C28H25N3O7S. The number of carbonyl (C=O) groups is 3. The lowest BCUT2D eigenvalue weighted by Crippen LogP contribution is -2.27. The number of thioether (sulfide) groups is 1. The Morgan fingerprint density at radius 1 is 1.05 bits per heavy atom. The first-order valence-corrected chi connectivity index (χ1v) is 12.8. The van der Waals surface area contributed by atoms with Crippen LogP contribution in [0.1, 0.15) is 23.6 Å². The zero-order valence-electron chi connectivity index (χ0n) is 21.2. The van der Waals surface area contributed by atoms with Crippen molar-refractivity contribution in [2.75, 3.05) is 18.5 Å². The molecule has 0 aliphatic carbocycles. The van der Waals surface area contributed by atoms with Crippen LogP contribution in [0.2, 0.25) is 0 Å². The number of nitro groups is 1. The third-order valence-electron chi connectivity index (χ3n) is 5.70. The van der Waals surface area contributed by atoms with Crippen LogP contribution in [-0.4, -0.2) is 40.1 Å². The van der Waals surface area contributed by atoms with Crippen LogP contribution in [-0.2, 0) is 16.1 Å². The molecule has 0 radical (unpaired) electrons. The van der Waals surface area contributed by atoms with E-state index in [4.69, 9.17) is 9.47 Å². The number of amides is 3. The fourth-order valence-electron chi connectivity index (χ4n) is 3.74. The van der Waals surface area contributed by atoms with E-state index in [9.17, 15) is 24.5 Å². The molecule has 0 spiro atoms. The summed E-state index contributed by atoms with van der Waals surface area (Å²) in [5.41, 5.74) is 2.76. The Labute approximate surface area is 228 Å². The number of ether oxygens (including phenoxy) is 2. The van der Waals surface area contributed by atoms with Crippen molar-refractivity contribution in [2.24, 2.45) is 0 Å². The molecule has 1 fully saturated rings. The van der Waals surface area contributed by atoms with Crippen molar-refractivity contribution >= 4 is 46.3 Å². The third-order valence-corrected chi connectivity index (χ3v) is 6.61. The number of non-ortho nitro benzene ring substituents is 1. The molecule has 0 unspecified atom stereocenters. The first-order chi connectivity index (χ1) is 18.7. The lowest BCUT2D eigenvalue weighted by molar-refractivity contribution is -0.384. The molecular weight excluding hydrogens is 522 g/mol. The number of anilines is 1. The van der Waals surface area contributed by atoms with Crippen LogP contribution in [0.15, 0.2) is 71.6 Å². The number of hydrogen-bond acceptors (Lipinski definition) is 8. The van der Waals surface area contributed by atoms with Crippen molar-refractivity contribution in [1.29, 1.82) is 0 Å². The predicted molar refractivity (Wildman–Crippen MR) is 148 cm³/mol. The molecule has 1 saturated heterocycles. The maximum atomic E-state index is 12.9. The molecule has 3 aromatic rings. The molecule has 3 amide bonds. The van der Waals surface area contributed by atoms with Gasteiger partial charge in [-0.3, -0.25) is 29.4 Å². The summed E-state index contributed by atoms with van der Waals surface area (Å²) in [6.07, 6.45) is 1.58. The van der Waals surface area contributed by atoms with Gasteiger partial charge < -0.3 is 14.8 Å². The van der Waals surface area contributed by atoms with Crippen molar-refractivity contribution in [2.45, 2.75) is 20.4 Å². The molecule has 4 rings (SSSR count). The van der Waals surface area contributed by atoms with Gasteiger partial charge in [-0.15, -0.1) is 0 Å². The average Bonchev–Trinajstić information content (AvgIpc) is 3.17. The van der Waals surface area contributed by atoms with Crippen molar-refractivity contribution < 1.29 is 28.8 Å². The quantitative estimate of drug-likeness (QED) is 0.199. The fraction of sp³-hybridized carbons (Fsp3) is 0.179. The summed E-state index contributed by atoms with van der Waals surface area (Å²) in [5.74, 6) is -0.0349. The number of benzene rings is 3. The number of nitrogens with one attached hydrogen (secondary N) is 1. The SMILES string of the molecule is CCOc1cc(/C=C2\SC(=O)N(Cc3ccc([N+](=O)[O-])cc3)C2=O)ccc1OCC(=O)Nc1ccccc1C. The molecule has 1 N–H and O–H groups in total. The number of para-hydroxylation sites is 1. The van der Waals surface area contributed by atoms with Gasteiger partial charge in [0.2, 0.25) is 0 Å². The monoisotopic (exact) mass is 547 g/mol. The number of aryl methyl sites for hydroxylation is 1. The Morgan fingerprint density at radius 3 is 2.49 bits per heavy atom. The summed E-state index contributed by atoms with van der Waals surface area (Å²) >= 11 is 0.809. The summed E-state index contributed by atoms with van der Waals surface area (Å²) in [4.78, 5) is 49.5. The van der Waals surface area contributed by atoms with Crippen molar-refractivity contribution in [3.63, 3.8) is 0 Å². The molecule has 1 aliphatic rings. The molecule has 10 nitrogen and oxygen atoms in total. The van der Waals surface area contributed by atoms with E-state index in [-0.39, 0.29) is 29.7 Å². The molecule has 0 atom stereocenters. The first kappa shape index (κ1) is 27.4. The molecule has 3 aromatic carbocycles. The fourth-order valence-corrected chi connectivity index (χ4v) is 4.58. The molecule has 11 heteroatoms. The number of hydrogen-bond donors (Lipinski definition) is 1. The Morgan fingerprint density at radius 2 is 1.79 bits per heavy atom. The average molecular weight is 548 g/mol. The minimum Gasteiger partial charge on any atom is -0.490 e. The van der Waals surface area contributed by atoms with Gasteiger partial charge in [-0.05, 0) is 66.6 Å². The van der Waals surface area contributed by atoms with Crippen molar-refractivity contribution in [1.82, 2.24) is 4.90 Å². The standard InChI is InChI=1S/C28H25N3O7S/c1-3-37-24-14-20(10-13-23(24)38-17-26(32)29-22-7-5-4-6-18(22)2)15-25-27(33)30(28(34)39-25)16-19-8-11-21(12-9-19)31(35)36/h4-15H,3,16-17H2,1-2H3,(H,29,32)/b25-15-. The van der Waals surface area contributed by atoms with Gasteiger partial charge in [0.1, 0.15) is 0 Å². The minimum atomic E-state index is -0.514. The van der Waals surface area contributed by atoms with Crippen LogP contribution in [0.3, 0.4) is 0 Å². The van der Waals surface area contributed by atoms with Crippen LogP contribution >= 0.6 is 11.8 Å². The molecule has 1 aliphatic heterocycles. The summed E-state index contributed by atoms with van der Waals surface area (Å²) in [6.45, 7) is 3.83. The van der Waals surface area contributed by atoms with E-state index in [1.165, 1.54) is 24.3 Å². The van der Waals surface area contributed by atoms with Crippen LogP contribution in [0.4, 0.5) is 16.2 Å². The highest BCUT2D eigenvalue weighted by Crippen LogP contribution is 2.35. The molecule has 200 valence electrons. The van der Waals surface area contributed by atoms with Crippen LogP contribution in [0.25, 0.3) is 6.08 Å². The highest BCUT2D eigenvalue weighted by atomic mass is 32.2. The Bertz CT molecular complexity index is 1450. The second kappa shape index (κ2) is 12.3. The zero-order valence-corrected chi connectivity index (χ0v) is 22.0.